The van der Waals surface area contributed by atoms with Crippen LogP contribution in [0.15, 0.2) is 24.3 Å². The zero-order valence-electron chi connectivity index (χ0n) is 10.9. The highest BCUT2D eigenvalue weighted by atomic mass is 16.4. The predicted molar refractivity (Wildman–Crippen MR) is 69.1 cm³/mol. The molecule has 0 aliphatic heterocycles. The second kappa shape index (κ2) is 5.32. The first-order chi connectivity index (χ1) is 7.86. The van der Waals surface area contributed by atoms with E-state index in [1.807, 2.05) is 6.92 Å². The van der Waals surface area contributed by atoms with Crippen LogP contribution in [-0.4, -0.2) is 16.6 Å². The van der Waals surface area contributed by atoms with E-state index in [1.54, 1.807) is 13.8 Å². The Kier molecular flexibility index (Phi) is 4.29. The average Bonchev–Trinajstić information content (AvgIpc) is 2.28. The second-order valence-electron chi connectivity index (χ2n) is 4.89. The van der Waals surface area contributed by atoms with Crippen molar-refractivity contribution in [2.24, 2.45) is 0 Å². The Morgan fingerprint density at radius 2 is 1.88 bits per heavy atom. The van der Waals surface area contributed by atoms with E-state index >= 15 is 0 Å². The Labute approximate surface area is 103 Å². The van der Waals surface area contributed by atoms with Crippen LogP contribution in [0.2, 0.25) is 0 Å². The van der Waals surface area contributed by atoms with Gasteiger partial charge in [-0.25, -0.2) is 0 Å². The fourth-order valence-electron chi connectivity index (χ4n) is 1.73. The lowest BCUT2D eigenvalue weighted by Crippen LogP contribution is -2.47. The quantitative estimate of drug-likeness (QED) is 0.825. The van der Waals surface area contributed by atoms with Gasteiger partial charge in [-0.3, -0.25) is 10.1 Å². The Hall–Kier alpha value is -1.35. The summed E-state index contributed by atoms with van der Waals surface area (Å²) in [5, 5.41) is 12.2. The van der Waals surface area contributed by atoms with E-state index in [2.05, 4.69) is 36.5 Å². The number of benzene rings is 1. The molecular formula is C14H21NO2. The van der Waals surface area contributed by atoms with E-state index in [1.165, 1.54) is 5.56 Å². The smallest absolute Gasteiger partial charge is 0.323 e. The van der Waals surface area contributed by atoms with E-state index < -0.39 is 11.5 Å². The number of aryl methyl sites for hydroxylation is 1. The zero-order chi connectivity index (χ0) is 13.1. The highest BCUT2D eigenvalue weighted by Gasteiger charge is 2.28. The van der Waals surface area contributed by atoms with Crippen molar-refractivity contribution in [3.05, 3.63) is 35.4 Å². The van der Waals surface area contributed by atoms with Gasteiger partial charge < -0.3 is 5.11 Å². The van der Waals surface area contributed by atoms with Crippen molar-refractivity contribution >= 4 is 5.97 Å². The van der Waals surface area contributed by atoms with Crippen LogP contribution < -0.4 is 5.32 Å². The molecule has 1 atom stereocenters. The molecule has 1 aromatic rings. The summed E-state index contributed by atoms with van der Waals surface area (Å²) in [6, 6.07) is 8.29. The van der Waals surface area contributed by atoms with Gasteiger partial charge in [0.1, 0.15) is 5.54 Å². The van der Waals surface area contributed by atoms with Gasteiger partial charge in [-0.2, -0.15) is 0 Å². The van der Waals surface area contributed by atoms with Crippen molar-refractivity contribution in [2.75, 3.05) is 0 Å². The lowest BCUT2D eigenvalue weighted by molar-refractivity contribution is -0.143. The Morgan fingerprint density at radius 1 is 1.35 bits per heavy atom. The normalized spacial score (nSPS) is 13.4. The Bertz CT molecular complexity index is 382. The van der Waals surface area contributed by atoms with Gasteiger partial charge in [-0.05, 0) is 38.3 Å². The number of carboxylic acids is 1. The SMILES string of the molecule is CCc1ccc(C(C)NC(C)(C)C(=O)O)cc1. The molecule has 0 aliphatic rings. The molecule has 0 fully saturated rings. The number of aliphatic carboxylic acids is 1. The van der Waals surface area contributed by atoms with Crippen molar-refractivity contribution < 1.29 is 9.90 Å². The lowest BCUT2D eigenvalue weighted by atomic mass is 10.00. The van der Waals surface area contributed by atoms with E-state index in [4.69, 9.17) is 5.11 Å². The van der Waals surface area contributed by atoms with E-state index in [-0.39, 0.29) is 6.04 Å². The summed E-state index contributed by atoms with van der Waals surface area (Å²) in [6.45, 7) is 7.44. The summed E-state index contributed by atoms with van der Waals surface area (Å²) in [7, 11) is 0. The fourth-order valence-corrected chi connectivity index (χ4v) is 1.73. The molecule has 0 aliphatic carbocycles. The molecule has 3 heteroatoms. The number of carboxylic acid groups (broad SMARTS) is 1. The molecule has 94 valence electrons. The number of carbonyl (C=O) groups is 1. The monoisotopic (exact) mass is 235 g/mol. The molecule has 0 radical (unpaired) electrons. The van der Waals surface area contributed by atoms with Gasteiger partial charge in [0.15, 0.2) is 0 Å². The first kappa shape index (κ1) is 13.7. The molecule has 0 spiro atoms. The average molecular weight is 235 g/mol. The summed E-state index contributed by atoms with van der Waals surface area (Å²) in [6.07, 6.45) is 1.02. The van der Waals surface area contributed by atoms with Crippen LogP contribution in [0, 0.1) is 0 Å². The number of hydrogen-bond acceptors (Lipinski definition) is 2. The Morgan fingerprint density at radius 3 is 2.29 bits per heavy atom. The van der Waals surface area contributed by atoms with E-state index in [0.29, 0.717) is 0 Å². The molecule has 0 saturated carbocycles. The van der Waals surface area contributed by atoms with Crippen LogP contribution >= 0.6 is 0 Å². The molecular weight excluding hydrogens is 214 g/mol. The highest BCUT2D eigenvalue weighted by Crippen LogP contribution is 2.17. The lowest BCUT2D eigenvalue weighted by Gasteiger charge is -2.26. The van der Waals surface area contributed by atoms with Gasteiger partial charge >= 0.3 is 5.97 Å². The first-order valence-corrected chi connectivity index (χ1v) is 5.96. The van der Waals surface area contributed by atoms with Gasteiger partial charge in [0, 0.05) is 6.04 Å². The molecule has 0 saturated heterocycles. The van der Waals surface area contributed by atoms with Crippen molar-refractivity contribution in [1.29, 1.82) is 0 Å². The van der Waals surface area contributed by atoms with Crippen LogP contribution in [0.25, 0.3) is 0 Å². The molecule has 1 aromatic carbocycles. The van der Waals surface area contributed by atoms with Gasteiger partial charge in [0.2, 0.25) is 0 Å². The standard InChI is InChI=1S/C14H21NO2/c1-5-11-6-8-12(9-7-11)10(2)15-14(3,4)13(16)17/h6-10,15H,5H2,1-4H3,(H,16,17). The molecule has 1 unspecified atom stereocenters. The van der Waals surface area contributed by atoms with E-state index in [9.17, 15) is 4.79 Å². The van der Waals surface area contributed by atoms with Gasteiger partial charge in [-0.1, -0.05) is 31.2 Å². The van der Waals surface area contributed by atoms with Crippen molar-refractivity contribution in [3.63, 3.8) is 0 Å². The maximum absolute atomic E-state index is 11.0. The molecule has 2 N–H and O–H groups in total. The molecule has 0 bridgehead atoms. The second-order valence-corrected chi connectivity index (χ2v) is 4.89. The third kappa shape index (κ3) is 3.56. The number of rotatable bonds is 5. The van der Waals surface area contributed by atoms with Crippen LogP contribution in [0.3, 0.4) is 0 Å². The molecule has 3 nitrogen and oxygen atoms in total. The highest BCUT2D eigenvalue weighted by molar-refractivity contribution is 5.77. The Balaban J connectivity index is 2.76. The molecule has 17 heavy (non-hydrogen) atoms. The zero-order valence-corrected chi connectivity index (χ0v) is 10.9. The van der Waals surface area contributed by atoms with Crippen molar-refractivity contribution in [3.8, 4) is 0 Å². The minimum absolute atomic E-state index is 0.0204. The third-order valence-electron chi connectivity index (χ3n) is 3.00. The van der Waals surface area contributed by atoms with Crippen LogP contribution in [-0.2, 0) is 11.2 Å². The van der Waals surface area contributed by atoms with E-state index in [0.717, 1.165) is 12.0 Å². The van der Waals surface area contributed by atoms with Crippen LogP contribution in [0.5, 0.6) is 0 Å². The topological polar surface area (TPSA) is 49.3 Å². The largest absolute Gasteiger partial charge is 0.480 e. The van der Waals surface area contributed by atoms with Gasteiger partial charge in [0.05, 0.1) is 0 Å². The van der Waals surface area contributed by atoms with Gasteiger partial charge in [0.25, 0.3) is 0 Å². The molecule has 1 rings (SSSR count). The minimum Gasteiger partial charge on any atom is -0.480 e. The number of hydrogen-bond donors (Lipinski definition) is 2. The third-order valence-corrected chi connectivity index (χ3v) is 3.00. The minimum atomic E-state index is -0.914. The van der Waals surface area contributed by atoms with Crippen LogP contribution in [0.1, 0.15) is 44.9 Å². The molecule has 0 amide bonds. The molecule has 0 heterocycles. The summed E-state index contributed by atoms with van der Waals surface area (Å²) in [4.78, 5) is 11.0. The summed E-state index contributed by atoms with van der Waals surface area (Å²) >= 11 is 0. The number of nitrogens with one attached hydrogen (secondary N) is 1. The van der Waals surface area contributed by atoms with Crippen molar-refractivity contribution in [1.82, 2.24) is 5.32 Å². The first-order valence-electron chi connectivity index (χ1n) is 5.96. The maximum atomic E-state index is 11.0. The maximum Gasteiger partial charge on any atom is 0.323 e. The predicted octanol–water partition coefficient (Wildman–Crippen LogP) is 2.76. The van der Waals surface area contributed by atoms with Gasteiger partial charge in [-0.15, -0.1) is 0 Å². The summed E-state index contributed by atoms with van der Waals surface area (Å²) in [5.74, 6) is -0.838. The summed E-state index contributed by atoms with van der Waals surface area (Å²) < 4.78 is 0. The van der Waals surface area contributed by atoms with Crippen molar-refractivity contribution in [2.45, 2.75) is 45.7 Å². The summed E-state index contributed by atoms with van der Waals surface area (Å²) in [5.41, 5.74) is 1.48. The fraction of sp³-hybridized carbons (Fsp3) is 0.500. The molecule has 0 aromatic heterocycles. The van der Waals surface area contributed by atoms with Crippen LogP contribution in [0.4, 0.5) is 0 Å².